The van der Waals surface area contributed by atoms with Crippen molar-refractivity contribution in [2.24, 2.45) is 17.8 Å². The average molecular weight is 510 g/mol. The van der Waals surface area contributed by atoms with E-state index in [4.69, 9.17) is 9.47 Å². The van der Waals surface area contributed by atoms with Crippen LogP contribution in [0.15, 0.2) is 36.4 Å². The summed E-state index contributed by atoms with van der Waals surface area (Å²) < 4.78 is 11.9. The lowest BCUT2D eigenvalue weighted by atomic mass is 9.74. The molecule has 37 heavy (non-hydrogen) atoms. The van der Waals surface area contributed by atoms with Crippen LogP contribution in [0, 0.1) is 17.8 Å². The number of hydrogen-bond donors (Lipinski definition) is 2. The molecule has 3 aliphatic heterocycles. The van der Waals surface area contributed by atoms with Crippen LogP contribution >= 0.6 is 0 Å². The summed E-state index contributed by atoms with van der Waals surface area (Å²) in [5, 5.41) is 6.23. The monoisotopic (exact) mass is 509 g/mol. The highest BCUT2D eigenvalue weighted by Gasteiger charge is 2.73. The van der Waals surface area contributed by atoms with Crippen LogP contribution in [0.2, 0.25) is 0 Å². The Morgan fingerprint density at radius 1 is 1.16 bits per heavy atom. The van der Waals surface area contributed by atoms with Crippen LogP contribution in [0.1, 0.15) is 59.8 Å². The van der Waals surface area contributed by atoms with Gasteiger partial charge < -0.3 is 25.0 Å². The summed E-state index contributed by atoms with van der Waals surface area (Å²) in [7, 11) is 0. The van der Waals surface area contributed by atoms with Crippen molar-refractivity contribution in [3.8, 4) is 5.75 Å². The van der Waals surface area contributed by atoms with Gasteiger partial charge in [0, 0.05) is 17.8 Å². The molecule has 1 aromatic carbocycles. The van der Waals surface area contributed by atoms with Gasteiger partial charge >= 0.3 is 0 Å². The highest BCUT2D eigenvalue weighted by Crippen LogP contribution is 2.55. The van der Waals surface area contributed by atoms with Crippen molar-refractivity contribution in [3.63, 3.8) is 0 Å². The molecule has 8 heteroatoms. The third-order valence-corrected chi connectivity index (χ3v) is 8.80. The molecule has 200 valence electrons. The molecular weight excluding hydrogens is 470 g/mol. The standard InChI is InChI=1S/C29H39N3O5/c1-5-18(4)32-25(27(34)31-21-10-8-7-9-17(21)3)29-16-15-22(37-29)23(24(29)28(32)35)26(33)30-19-11-13-20(14-12-19)36-6-2/h11-18,21-25H,5-10H2,1-4H3,(H,30,33)(H,31,34)/t17-,18-,21-,22-,23+,24-,25-,29-/m1/s1. The van der Waals surface area contributed by atoms with Gasteiger partial charge in [-0.15, -0.1) is 0 Å². The number of nitrogens with zero attached hydrogens (tertiary/aromatic N) is 1. The molecule has 1 aliphatic carbocycles. The van der Waals surface area contributed by atoms with Gasteiger partial charge in [0.05, 0.1) is 24.5 Å². The van der Waals surface area contributed by atoms with Crippen LogP contribution in [-0.4, -0.2) is 59.1 Å². The Hall–Kier alpha value is -2.87. The third kappa shape index (κ3) is 4.33. The molecule has 3 fully saturated rings. The number of rotatable bonds is 8. The maximum absolute atomic E-state index is 14.0. The zero-order valence-corrected chi connectivity index (χ0v) is 22.2. The second-order valence-electron chi connectivity index (χ2n) is 11.0. The van der Waals surface area contributed by atoms with Crippen molar-refractivity contribution in [3.05, 3.63) is 36.4 Å². The predicted molar refractivity (Wildman–Crippen MR) is 140 cm³/mol. The number of carbonyl (C=O) groups excluding carboxylic acids is 3. The Bertz CT molecular complexity index is 1070. The molecule has 0 radical (unpaired) electrons. The van der Waals surface area contributed by atoms with Gasteiger partial charge in [0.25, 0.3) is 0 Å². The van der Waals surface area contributed by atoms with Gasteiger partial charge in [-0.2, -0.15) is 0 Å². The van der Waals surface area contributed by atoms with Crippen molar-refractivity contribution < 1.29 is 23.9 Å². The van der Waals surface area contributed by atoms with Gasteiger partial charge in [-0.05, 0) is 63.3 Å². The van der Waals surface area contributed by atoms with Crippen LogP contribution in [0.5, 0.6) is 5.75 Å². The summed E-state index contributed by atoms with van der Waals surface area (Å²) in [6.07, 6.45) is 8.19. The molecule has 3 heterocycles. The first-order valence-electron chi connectivity index (χ1n) is 13.8. The Kier molecular flexibility index (Phi) is 7.05. The zero-order valence-electron chi connectivity index (χ0n) is 22.2. The summed E-state index contributed by atoms with van der Waals surface area (Å²) in [6.45, 7) is 8.62. The van der Waals surface area contributed by atoms with E-state index >= 15 is 0 Å². The summed E-state index contributed by atoms with van der Waals surface area (Å²) in [5.41, 5.74) is -0.507. The third-order valence-electron chi connectivity index (χ3n) is 8.80. The number of fused-ring (bicyclic) bond motifs is 1. The predicted octanol–water partition coefficient (Wildman–Crippen LogP) is 3.67. The highest BCUT2D eigenvalue weighted by molar-refractivity contribution is 6.03. The molecule has 2 saturated heterocycles. The van der Waals surface area contributed by atoms with Crippen LogP contribution in [0.25, 0.3) is 0 Å². The summed E-state index contributed by atoms with van der Waals surface area (Å²) >= 11 is 0. The minimum Gasteiger partial charge on any atom is -0.494 e. The first-order valence-corrected chi connectivity index (χ1v) is 13.8. The van der Waals surface area contributed by atoms with Gasteiger partial charge in [-0.1, -0.05) is 38.8 Å². The highest BCUT2D eigenvalue weighted by atomic mass is 16.5. The summed E-state index contributed by atoms with van der Waals surface area (Å²) in [5.74, 6) is -0.950. The Labute approximate surface area is 219 Å². The summed E-state index contributed by atoms with van der Waals surface area (Å²) in [6, 6.07) is 6.31. The number of amides is 3. The van der Waals surface area contributed by atoms with E-state index in [1.807, 2.05) is 32.9 Å². The fourth-order valence-corrected chi connectivity index (χ4v) is 6.70. The van der Waals surface area contributed by atoms with Gasteiger partial charge in [0.15, 0.2) is 0 Å². The van der Waals surface area contributed by atoms with Crippen LogP contribution in [0.3, 0.4) is 0 Å². The maximum atomic E-state index is 14.0. The number of anilines is 1. The normalized spacial score (nSPS) is 34.8. The lowest BCUT2D eigenvalue weighted by molar-refractivity contribution is -0.143. The molecule has 2 N–H and O–H groups in total. The SMILES string of the molecule is CCOc1ccc(NC(=O)[C@H]2[C@H]3C=C[C@@]4(O3)[C@H]2C(=O)N([C@H](C)CC)[C@@H]4C(=O)N[C@@H]2CCCC[C@H]2C)cc1. The minimum absolute atomic E-state index is 0.0897. The zero-order chi connectivity index (χ0) is 26.3. The second-order valence-corrected chi connectivity index (χ2v) is 11.0. The molecule has 5 rings (SSSR count). The lowest BCUT2D eigenvalue weighted by Crippen LogP contribution is -2.58. The quantitative estimate of drug-likeness (QED) is 0.522. The van der Waals surface area contributed by atoms with Crippen molar-refractivity contribution in [1.29, 1.82) is 0 Å². The number of benzene rings is 1. The molecule has 1 saturated carbocycles. The van der Waals surface area contributed by atoms with Gasteiger partial charge in [-0.3, -0.25) is 14.4 Å². The molecule has 8 nitrogen and oxygen atoms in total. The van der Waals surface area contributed by atoms with E-state index in [1.54, 1.807) is 29.2 Å². The molecular formula is C29H39N3O5. The van der Waals surface area contributed by atoms with E-state index in [0.29, 0.717) is 24.6 Å². The van der Waals surface area contributed by atoms with Crippen molar-refractivity contribution in [1.82, 2.24) is 10.2 Å². The topological polar surface area (TPSA) is 97.0 Å². The van der Waals surface area contributed by atoms with Gasteiger partial charge in [-0.25, -0.2) is 0 Å². The minimum atomic E-state index is -1.13. The van der Waals surface area contributed by atoms with Crippen molar-refractivity contribution in [2.75, 3.05) is 11.9 Å². The van der Waals surface area contributed by atoms with Crippen LogP contribution in [-0.2, 0) is 19.1 Å². The fourth-order valence-electron chi connectivity index (χ4n) is 6.70. The van der Waals surface area contributed by atoms with E-state index in [0.717, 1.165) is 25.0 Å². The number of carbonyl (C=O) groups is 3. The molecule has 1 spiro atoms. The van der Waals surface area contributed by atoms with Crippen molar-refractivity contribution in [2.45, 2.75) is 89.6 Å². The van der Waals surface area contributed by atoms with Crippen LogP contribution < -0.4 is 15.4 Å². The first-order chi connectivity index (χ1) is 17.8. The molecule has 0 aromatic heterocycles. The van der Waals surface area contributed by atoms with E-state index in [9.17, 15) is 14.4 Å². The molecule has 8 atom stereocenters. The van der Waals surface area contributed by atoms with Crippen molar-refractivity contribution >= 4 is 23.4 Å². The molecule has 1 aromatic rings. The number of nitrogens with one attached hydrogen (secondary N) is 2. The number of likely N-dealkylation sites (tertiary alicyclic amines) is 1. The van der Waals surface area contributed by atoms with Crippen LogP contribution in [0.4, 0.5) is 5.69 Å². The lowest BCUT2D eigenvalue weighted by Gasteiger charge is -2.37. The van der Waals surface area contributed by atoms with Gasteiger partial charge in [0.1, 0.15) is 17.4 Å². The second kappa shape index (κ2) is 10.1. The molecule has 3 amide bonds. The Morgan fingerprint density at radius 2 is 1.89 bits per heavy atom. The van der Waals surface area contributed by atoms with E-state index in [-0.39, 0.29) is 29.8 Å². The van der Waals surface area contributed by atoms with E-state index in [1.165, 1.54) is 6.42 Å². The largest absolute Gasteiger partial charge is 0.494 e. The Morgan fingerprint density at radius 3 is 2.57 bits per heavy atom. The molecule has 0 unspecified atom stereocenters. The van der Waals surface area contributed by atoms with E-state index in [2.05, 4.69) is 17.6 Å². The average Bonchev–Trinajstić information content (AvgIpc) is 3.53. The smallest absolute Gasteiger partial charge is 0.246 e. The fraction of sp³-hybridized carbons (Fsp3) is 0.621. The summed E-state index contributed by atoms with van der Waals surface area (Å²) in [4.78, 5) is 43.1. The van der Waals surface area contributed by atoms with Gasteiger partial charge in [0.2, 0.25) is 17.7 Å². The first kappa shape index (κ1) is 25.8. The maximum Gasteiger partial charge on any atom is 0.246 e. The molecule has 2 bridgehead atoms. The molecule has 4 aliphatic rings. The number of hydrogen-bond acceptors (Lipinski definition) is 5. The number of ether oxygens (including phenoxy) is 2. The van der Waals surface area contributed by atoms with E-state index < -0.39 is 29.6 Å². The Balaban J connectivity index is 1.41.